The summed E-state index contributed by atoms with van der Waals surface area (Å²) in [5.41, 5.74) is 0.891. The van der Waals surface area contributed by atoms with E-state index in [9.17, 15) is 0 Å². The van der Waals surface area contributed by atoms with Crippen molar-refractivity contribution >= 4 is 54.8 Å². The third kappa shape index (κ3) is 3.47. The Morgan fingerprint density at radius 2 is 2.22 bits per heavy atom. The molecule has 0 N–H and O–H groups in total. The molecule has 0 aliphatic heterocycles. The summed E-state index contributed by atoms with van der Waals surface area (Å²) in [7, 11) is 0. The van der Waals surface area contributed by atoms with Gasteiger partial charge in [0.15, 0.2) is 0 Å². The van der Waals surface area contributed by atoms with Crippen LogP contribution in [0.25, 0.3) is 0 Å². The maximum absolute atomic E-state index is 5.88. The molecule has 0 fully saturated rings. The highest BCUT2D eigenvalue weighted by Crippen LogP contribution is 2.32. The highest BCUT2D eigenvalue weighted by molar-refractivity contribution is 9.11. The van der Waals surface area contributed by atoms with E-state index in [0.717, 1.165) is 25.4 Å². The molecule has 0 aliphatic rings. The van der Waals surface area contributed by atoms with Gasteiger partial charge in [0.1, 0.15) is 16.9 Å². The minimum Gasteiger partial charge on any atom is -0.482 e. The maximum atomic E-state index is 5.88. The standard InChI is InChI=1S/C12H10Br2ClNOS/c1-7(12-16-9(5-15)6-18-12)17-11-3-2-8(13)4-10(11)14/h2-4,6-7H,5H2,1H3. The Kier molecular flexibility index (Phi) is 5.06. The van der Waals surface area contributed by atoms with Crippen molar-refractivity contribution in [1.29, 1.82) is 0 Å². The van der Waals surface area contributed by atoms with Crippen molar-refractivity contribution in [1.82, 2.24) is 4.98 Å². The lowest BCUT2D eigenvalue weighted by Crippen LogP contribution is -2.03. The number of benzene rings is 1. The van der Waals surface area contributed by atoms with Gasteiger partial charge < -0.3 is 4.74 Å². The Hall–Kier alpha value is -0.100. The van der Waals surface area contributed by atoms with Crippen molar-refractivity contribution in [2.45, 2.75) is 18.9 Å². The van der Waals surface area contributed by atoms with Crippen molar-refractivity contribution in [3.8, 4) is 5.75 Å². The SMILES string of the molecule is CC(Oc1ccc(Br)cc1Br)c1nc(CCl)cs1. The molecule has 1 aromatic carbocycles. The van der Waals surface area contributed by atoms with Gasteiger partial charge in [-0.1, -0.05) is 15.9 Å². The molecule has 0 aliphatic carbocycles. The number of aromatic nitrogens is 1. The average Bonchev–Trinajstić information content (AvgIpc) is 2.81. The summed E-state index contributed by atoms with van der Waals surface area (Å²) in [6, 6.07) is 5.81. The van der Waals surface area contributed by atoms with E-state index in [0.29, 0.717) is 5.88 Å². The van der Waals surface area contributed by atoms with Crippen LogP contribution in [0.3, 0.4) is 0 Å². The fourth-order valence-electron chi connectivity index (χ4n) is 1.38. The third-order valence-corrected chi connectivity index (χ3v) is 4.69. The lowest BCUT2D eigenvalue weighted by molar-refractivity contribution is 0.224. The Balaban J connectivity index is 2.13. The van der Waals surface area contributed by atoms with Crippen molar-refractivity contribution in [3.63, 3.8) is 0 Å². The van der Waals surface area contributed by atoms with Crippen molar-refractivity contribution < 1.29 is 4.74 Å². The third-order valence-electron chi connectivity index (χ3n) is 2.25. The molecule has 0 spiro atoms. The van der Waals surface area contributed by atoms with Gasteiger partial charge in [-0.2, -0.15) is 0 Å². The maximum Gasteiger partial charge on any atom is 0.147 e. The van der Waals surface area contributed by atoms with E-state index >= 15 is 0 Å². The van der Waals surface area contributed by atoms with Crippen LogP contribution in [0.1, 0.15) is 23.7 Å². The summed E-state index contributed by atoms with van der Waals surface area (Å²) < 4.78 is 7.80. The number of thiazole rings is 1. The number of hydrogen-bond acceptors (Lipinski definition) is 3. The van der Waals surface area contributed by atoms with Gasteiger partial charge in [-0.3, -0.25) is 0 Å². The first kappa shape index (κ1) is 14.3. The first-order chi connectivity index (χ1) is 8.60. The van der Waals surface area contributed by atoms with Crippen LogP contribution in [0.15, 0.2) is 32.5 Å². The molecular formula is C12H10Br2ClNOS. The van der Waals surface area contributed by atoms with E-state index in [-0.39, 0.29) is 6.10 Å². The number of hydrogen-bond donors (Lipinski definition) is 0. The predicted octanol–water partition coefficient (Wildman–Crippen LogP) is 5.55. The van der Waals surface area contributed by atoms with Crippen LogP contribution in [0.4, 0.5) is 0 Å². The van der Waals surface area contributed by atoms with Crippen LogP contribution in [0, 0.1) is 0 Å². The zero-order valence-corrected chi connectivity index (χ0v) is 14.2. The Bertz CT molecular complexity index is 547. The highest BCUT2D eigenvalue weighted by Gasteiger charge is 2.13. The van der Waals surface area contributed by atoms with Gasteiger partial charge in [0.2, 0.25) is 0 Å². The summed E-state index contributed by atoms with van der Waals surface area (Å²) in [6.07, 6.45) is -0.0931. The minimum atomic E-state index is -0.0931. The number of ether oxygens (including phenoxy) is 1. The van der Waals surface area contributed by atoms with Crippen LogP contribution in [0.5, 0.6) is 5.75 Å². The lowest BCUT2D eigenvalue weighted by Gasteiger charge is -2.13. The molecule has 2 nitrogen and oxygen atoms in total. The summed E-state index contributed by atoms with van der Waals surface area (Å²) in [4.78, 5) is 4.41. The summed E-state index contributed by atoms with van der Waals surface area (Å²) in [5, 5.41) is 2.89. The molecule has 1 unspecified atom stereocenters. The number of halogens is 3. The summed E-state index contributed by atoms with van der Waals surface area (Å²) in [6.45, 7) is 1.98. The van der Waals surface area contributed by atoms with E-state index < -0.39 is 0 Å². The highest BCUT2D eigenvalue weighted by atomic mass is 79.9. The van der Waals surface area contributed by atoms with Crippen LogP contribution >= 0.6 is 54.8 Å². The second kappa shape index (κ2) is 6.37. The fourth-order valence-corrected chi connectivity index (χ4v) is 3.55. The van der Waals surface area contributed by atoms with E-state index in [4.69, 9.17) is 16.3 Å². The normalized spacial score (nSPS) is 12.4. The fraction of sp³-hybridized carbons (Fsp3) is 0.250. The number of rotatable bonds is 4. The molecule has 18 heavy (non-hydrogen) atoms. The second-order valence-electron chi connectivity index (χ2n) is 3.65. The van der Waals surface area contributed by atoms with Gasteiger partial charge >= 0.3 is 0 Å². The van der Waals surface area contributed by atoms with E-state index in [1.165, 1.54) is 0 Å². The molecule has 6 heteroatoms. The molecule has 0 amide bonds. The average molecular weight is 412 g/mol. The largest absolute Gasteiger partial charge is 0.482 e. The lowest BCUT2D eigenvalue weighted by atomic mass is 10.3. The van der Waals surface area contributed by atoms with Crippen molar-refractivity contribution in [3.05, 3.63) is 43.2 Å². The first-order valence-corrected chi connectivity index (χ1v) is 8.22. The Labute approximate surface area is 132 Å². The van der Waals surface area contributed by atoms with Gasteiger partial charge in [0.05, 0.1) is 16.0 Å². The predicted molar refractivity (Wildman–Crippen MR) is 82.6 cm³/mol. The Morgan fingerprint density at radius 3 is 2.83 bits per heavy atom. The summed E-state index contributed by atoms with van der Waals surface area (Å²) >= 11 is 14.2. The molecule has 1 heterocycles. The monoisotopic (exact) mass is 409 g/mol. The van der Waals surface area contributed by atoms with Crippen LogP contribution in [-0.2, 0) is 5.88 Å². The van der Waals surface area contributed by atoms with E-state index in [2.05, 4.69) is 36.8 Å². The van der Waals surface area contributed by atoms with E-state index in [1.807, 2.05) is 30.5 Å². The molecule has 2 rings (SSSR count). The zero-order valence-electron chi connectivity index (χ0n) is 9.49. The first-order valence-electron chi connectivity index (χ1n) is 5.22. The number of nitrogens with zero attached hydrogens (tertiary/aromatic N) is 1. The molecule has 1 aromatic heterocycles. The minimum absolute atomic E-state index is 0.0931. The van der Waals surface area contributed by atoms with Crippen LogP contribution in [0.2, 0.25) is 0 Å². The topological polar surface area (TPSA) is 22.1 Å². The summed E-state index contributed by atoms with van der Waals surface area (Å²) in [5.74, 6) is 1.24. The molecular weight excluding hydrogens is 401 g/mol. The number of alkyl halides is 1. The zero-order chi connectivity index (χ0) is 13.1. The van der Waals surface area contributed by atoms with E-state index in [1.54, 1.807) is 11.3 Å². The van der Waals surface area contributed by atoms with Crippen LogP contribution < -0.4 is 4.74 Å². The quantitative estimate of drug-likeness (QED) is 0.616. The molecule has 0 bridgehead atoms. The van der Waals surface area contributed by atoms with Gasteiger partial charge in [0.25, 0.3) is 0 Å². The molecule has 1 atom stereocenters. The Morgan fingerprint density at radius 1 is 1.44 bits per heavy atom. The molecule has 0 saturated carbocycles. The molecule has 2 aromatic rings. The van der Waals surface area contributed by atoms with Crippen molar-refractivity contribution in [2.75, 3.05) is 0 Å². The smallest absolute Gasteiger partial charge is 0.147 e. The van der Waals surface area contributed by atoms with Crippen molar-refractivity contribution in [2.24, 2.45) is 0 Å². The van der Waals surface area contributed by atoms with Gasteiger partial charge in [-0.15, -0.1) is 22.9 Å². The molecule has 0 radical (unpaired) electrons. The van der Waals surface area contributed by atoms with Gasteiger partial charge in [-0.05, 0) is 41.1 Å². The van der Waals surface area contributed by atoms with Gasteiger partial charge in [0, 0.05) is 9.85 Å². The van der Waals surface area contributed by atoms with Gasteiger partial charge in [-0.25, -0.2) is 4.98 Å². The van der Waals surface area contributed by atoms with Crippen LogP contribution in [-0.4, -0.2) is 4.98 Å². The second-order valence-corrected chi connectivity index (χ2v) is 6.57. The molecule has 96 valence electrons. The molecule has 0 saturated heterocycles.